The molecule has 0 bridgehead atoms. The molecule has 0 aromatic heterocycles. The fourth-order valence-corrected chi connectivity index (χ4v) is 1.02. The van der Waals surface area contributed by atoms with Gasteiger partial charge in [-0.3, -0.25) is 0 Å². The minimum atomic E-state index is -0.472. The largest absolute Gasteiger partial charge is 0.392 e. The van der Waals surface area contributed by atoms with E-state index >= 15 is 0 Å². The van der Waals surface area contributed by atoms with Crippen LogP contribution in [-0.4, -0.2) is 17.8 Å². The maximum Gasteiger partial charge on any atom is 0.146 e. The van der Waals surface area contributed by atoms with Crippen LogP contribution < -0.4 is 5.32 Å². The first-order valence-electron chi connectivity index (χ1n) is 4.27. The first kappa shape index (κ1) is 9.99. The van der Waals surface area contributed by atoms with Crippen molar-refractivity contribution in [3.8, 4) is 0 Å². The highest BCUT2D eigenvalue weighted by Crippen LogP contribution is 2.14. The standard InChI is InChI=1S/C10H14FNO/c1-7-3-4-10(9(11)5-7)12-6-8(2)13/h3-5,8,12-13H,6H2,1-2H3/t8-/m1/s1. The molecule has 0 aliphatic rings. The van der Waals surface area contributed by atoms with E-state index in [0.717, 1.165) is 5.56 Å². The predicted molar refractivity (Wildman–Crippen MR) is 51.3 cm³/mol. The number of rotatable bonds is 3. The third-order valence-corrected chi connectivity index (χ3v) is 1.71. The molecule has 0 aliphatic carbocycles. The number of hydrogen-bond acceptors (Lipinski definition) is 2. The molecule has 0 fully saturated rings. The molecular formula is C10H14FNO. The minimum Gasteiger partial charge on any atom is -0.392 e. The second-order valence-corrected chi connectivity index (χ2v) is 3.21. The molecule has 1 atom stereocenters. The fourth-order valence-electron chi connectivity index (χ4n) is 1.02. The first-order chi connectivity index (χ1) is 6.09. The van der Waals surface area contributed by atoms with Gasteiger partial charge in [0.15, 0.2) is 0 Å². The van der Waals surface area contributed by atoms with Crippen LogP contribution >= 0.6 is 0 Å². The summed E-state index contributed by atoms with van der Waals surface area (Å²) in [6.07, 6.45) is -0.472. The van der Waals surface area contributed by atoms with Crippen molar-refractivity contribution in [2.75, 3.05) is 11.9 Å². The molecule has 2 nitrogen and oxygen atoms in total. The number of halogens is 1. The summed E-state index contributed by atoms with van der Waals surface area (Å²) >= 11 is 0. The number of aliphatic hydroxyl groups excluding tert-OH is 1. The van der Waals surface area contributed by atoms with Gasteiger partial charge in [-0.1, -0.05) is 6.07 Å². The summed E-state index contributed by atoms with van der Waals surface area (Å²) in [6.45, 7) is 3.85. The molecule has 0 unspecified atom stereocenters. The molecule has 0 saturated carbocycles. The lowest BCUT2D eigenvalue weighted by Gasteiger charge is -2.09. The van der Waals surface area contributed by atoms with E-state index in [1.165, 1.54) is 6.07 Å². The lowest BCUT2D eigenvalue weighted by Crippen LogP contribution is -2.15. The van der Waals surface area contributed by atoms with Crippen molar-refractivity contribution in [3.63, 3.8) is 0 Å². The zero-order valence-corrected chi connectivity index (χ0v) is 7.84. The maximum absolute atomic E-state index is 13.2. The number of hydrogen-bond donors (Lipinski definition) is 2. The Morgan fingerprint density at radius 2 is 2.23 bits per heavy atom. The van der Waals surface area contributed by atoms with Gasteiger partial charge in [-0.25, -0.2) is 4.39 Å². The van der Waals surface area contributed by atoms with Crippen molar-refractivity contribution in [3.05, 3.63) is 29.6 Å². The van der Waals surface area contributed by atoms with Gasteiger partial charge in [-0.15, -0.1) is 0 Å². The summed E-state index contributed by atoms with van der Waals surface area (Å²) in [5.74, 6) is -0.277. The van der Waals surface area contributed by atoms with E-state index in [9.17, 15) is 4.39 Å². The smallest absolute Gasteiger partial charge is 0.146 e. The van der Waals surface area contributed by atoms with Crippen LogP contribution in [0.5, 0.6) is 0 Å². The molecular weight excluding hydrogens is 169 g/mol. The van der Waals surface area contributed by atoms with E-state index < -0.39 is 6.10 Å². The molecule has 13 heavy (non-hydrogen) atoms. The number of nitrogens with one attached hydrogen (secondary N) is 1. The van der Waals surface area contributed by atoms with Crippen LogP contribution in [-0.2, 0) is 0 Å². The normalized spacial score (nSPS) is 12.6. The zero-order chi connectivity index (χ0) is 9.84. The Labute approximate surface area is 77.4 Å². The van der Waals surface area contributed by atoms with Gasteiger partial charge in [-0.2, -0.15) is 0 Å². The van der Waals surface area contributed by atoms with E-state index in [0.29, 0.717) is 12.2 Å². The van der Waals surface area contributed by atoms with E-state index in [-0.39, 0.29) is 5.82 Å². The van der Waals surface area contributed by atoms with Gasteiger partial charge < -0.3 is 10.4 Å². The van der Waals surface area contributed by atoms with Gasteiger partial charge in [0.25, 0.3) is 0 Å². The highest BCUT2D eigenvalue weighted by molar-refractivity contribution is 5.46. The van der Waals surface area contributed by atoms with Crippen LogP contribution in [0.15, 0.2) is 18.2 Å². The highest BCUT2D eigenvalue weighted by atomic mass is 19.1. The van der Waals surface area contributed by atoms with Crippen LogP contribution in [0.4, 0.5) is 10.1 Å². The second-order valence-electron chi connectivity index (χ2n) is 3.21. The molecule has 0 aliphatic heterocycles. The average Bonchev–Trinajstić information content (AvgIpc) is 2.02. The first-order valence-corrected chi connectivity index (χ1v) is 4.27. The molecule has 1 aromatic rings. The van der Waals surface area contributed by atoms with Crippen molar-refractivity contribution in [1.82, 2.24) is 0 Å². The van der Waals surface area contributed by atoms with Crippen molar-refractivity contribution < 1.29 is 9.50 Å². The third kappa shape index (κ3) is 3.03. The van der Waals surface area contributed by atoms with Crippen molar-refractivity contribution >= 4 is 5.69 Å². The third-order valence-electron chi connectivity index (χ3n) is 1.71. The molecule has 0 amide bonds. The predicted octanol–water partition coefficient (Wildman–Crippen LogP) is 1.93. The van der Waals surface area contributed by atoms with Crippen LogP contribution in [0.3, 0.4) is 0 Å². The number of aryl methyl sites for hydroxylation is 1. The molecule has 2 N–H and O–H groups in total. The van der Waals surface area contributed by atoms with Crippen molar-refractivity contribution in [1.29, 1.82) is 0 Å². The number of aliphatic hydroxyl groups is 1. The Kier molecular flexibility index (Phi) is 3.25. The maximum atomic E-state index is 13.2. The molecule has 3 heteroatoms. The Morgan fingerprint density at radius 1 is 1.54 bits per heavy atom. The van der Waals surface area contributed by atoms with Crippen LogP contribution in [0.1, 0.15) is 12.5 Å². The summed E-state index contributed by atoms with van der Waals surface area (Å²) < 4.78 is 13.2. The van der Waals surface area contributed by atoms with Gasteiger partial charge >= 0.3 is 0 Å². The van der Waals surface area contributed by atoms with Gasteiger partial charge in [-0.05, 0) is 31.5 Å². The van der Waals surface area contributed by atoms with Gasteiger partial charge in [0, 0.05) is 6.54 Å². The van der Waals surface area contributed by atoms with E-state index in [2.05, 4.69) is 5.32 Å². The number of anilines is 1. The van der Waals surface area contributed by atoms with E-state index in [1.54, 1.807) is 13.0 Å². The van der Waals surface area contributed by atoms with E-state index in [4.69, 9.17) is 5.11 Å². The van der Waals surface area contributed by atoms with Crippen LogP contribution in [0, 0.1) is 12.7 Å². The molecule has 72 valence electrons. The molecule has 1 aromatic carbocycles. The minimum absolute atomic E-state index is 0.277. The Balaban J connectivity index is 2.67. The van der Waals surface area contributed by atoms with Gasteiger partial charge in [0.05, 0.1) is 11.8 Å². The SMILES string of the molecule is Cc1ccc(NC[C@@H](C)O)c(F)c1. The molecule has 0 radical (unpaired) electrons. The Morgan fingerprint density at radius 3 is 2.77 bits per heavy atom. The van der Waals surface area contributed by atoms with Crippen molar-refractivity contribution in [2.24, 2.45) is 0 Å². The molecule has 0 saturated heterocycles. The molecule has 0 heterocycles. The summed E-state index contributed by atoms with van der Waals surface area (Å²) in [5.41, 5.74) is 1.33. The second kappa shape index (κ2) is 4.23. The molecule has 1 rings (SSSR count). The van der Waals surface area contributed by atoms with Crippen LogP contribution in [0.2, 0.25) is 0 Å². The topological polar surface area (TPSA) is 32.3 Å². The highest BCUT2D eigenvalue weighted by Gasteiger charge is 2.02. The lowest BCUT2D eigenvalue weighted by atomic mass is 10.2. The van der Waals surface area contributed by atoms with Crippen molar-refractivity contribution in [2.45, 2.75) is 20.0 Å². The molecule has 0 spiro atoms. The van der Waals surface area contributed by atoms with Gasteiger partial charge in [0.2, 0.25) is 0 Å². The van der Waals surface area contributed by atoms with Crippen LogP contribution in [0.25, 0.3) is 0 Å². The summed E-state index contributed by atoms with van der Waals surface area (Å²) in [5, 5.41) is 11.8. The Hall–Kier alpha value is -1.09. The monoisotopic (exact) mass is 183 g/mol. The van der Waals surface area contributed by atoms with Gasteiger partial charge in [0.1, 0.15) is 5.82 Å². The zero-order valence-electron chi connectivity index (χ0n) is 7.84. The average molecular weight is 183 g/mol. The summed E-state index contributed by atoms with van der Waals surface area (Å²) in [6, 6.07) is 4.96. The quantitative estimate of drug-likeness (QED) is 0.750. The summed E-state index contributed by atoms with van der Waals surface area (Å²) in [4.78, 5) is 0. The van der Waals surface area contributed by atoms with E-state index in [1.807, 2.05) is 13.0 Å². The number of benzene rings is 1. The Bertz CT molecular complexity index is 286. The fraction of sp³-hybridized carbons (Fsp3) is 0.400. The lowest BCUT2D eigenvalue weighted by molar-refractivity contribution is 0.208. The summed E-state index contributed by atoms with van der Waals surface area (Å²) in [7, 11) is 0.